The van der Waals surface area contributed by atoms with Crippen LogP contribution in [0.4, 0.5) is 0 Å². The van der Waals surface area contributed by atoms with E-state index >= 15 is 0 Å². The Balaban J connectivity index is 1.54. The van der Waals surface area contributed by atoms with Crippen molar-refractivity contribution in [1.29, 1.82) is 0 Å². The number of likely N-dealkylation sites (tertiary alicyclic amines) is 1. The summed E-state index contributed by atoms with van der Waals surface area (Å²) in [4.78, 5) is 20.4. The van der Waals surface area contributed by atoms with Crippen molar-refractivity contribution in [3.8, 4) is 5.75 Å². The van der Waals surface area contributed by atoms with E-state index in [1.165, 1.54) is 0 Å². The molecule has 0 unspecified atom stereocenters. The molecule has 0 aliphatic carbocycles. The number of benzene rings is 3. The van der Waals surface area contributed by atoms with Crippen LogP contribution in [0.25, 0.3) is 0 Å². The van der Waals surface area contributed by atoms with Gasteiger partial charge in [-0.15, -0.1) is 0 Å². The number of methoxy groups -OCH3 is 1. The van der Waals surface area contributed by atoms with Gasteiger partial charge >= 0.3 is 0 Å². The number of aliphatic hydroxyl groups is 1. The Morgan fingerprint density at radius 2 is 1.61 bits per heavy atom. The molecule has 2 heterocycles. The number of hydrogen-bond donors (Lipinski definition) is 1. The molecule has 0 saturated carbocycles. The van der Waals surface area contributed by atoms with E-state index in [4.69, 9.17) is 9.73 Å². The standard InChI is InChI=1S/C26H24N2O3/c1-31-22-14-12-19(13-15-22)17-28-18-26(30)25(24(28)29,21-10-6-3-7-11-21)16-23(27-26)20-8-4-2-5-9-20/h2-15,30H,16-18H2,1H3/t25-,26+/m1/s1. The maximum Gasteiger partial charge on any atom is 0.239 e. The Hall–Kier alpha value is -3.44. The molecule has 2 aliphatic rings. The highest BCUT2D eigenvalue weighted by atomic mass is 16.5. The van der Waals surface area contributed by atoms with Gasteiger partial charge in [0.05, 0.1) is 13.7 Å². The monoisotopic (exact) mass is 412 g/mol. The fraction of sp³-hybridized carbons (Fsp3) is 0.231. The molecule has 1 fully saturated rings. The van der Waals surface area contributed by atoms with Crippen molar-refractivity contribution < 1.29 is 14.6 Å². The van der Waals surface area contributed by atoms with Gasteiger partial charge in [0.25, 0.3) is 0 Å². The zero-order chi connectivity index (χ0) is 21.5. The third-order valence-corrected chi connectivity index (χ3v) is 6.41. The second kappa shape index (κ2) is 7.36. The van der Waals surface area contributed by atoms with Crippen molar-refractivity contribution in [1.82, 2.24) is 4.90 Å². The molecule has 0 radical (unpaired) electrons. The molecule has 3 aromatic carbocycles. The third kappa shape index (κ3) is 3.04. The van der Waals surface area contributed by atoms with Crippen LogP contribution in [0.5, 0.6) is 5.75 Å². The average Bonchev–Trinajstić information content (AvgIpc) is 3.23. The van der Waals surface area contributed by atoms with Gasteiger partial charge in [-0.05, 0) is 28.8 Å². The van der Waals surface area contributed by atoms with E-state index in [1.54, 1.807) is 12.0 Å². The molecule has 3 aromatic rings. The van der Waals surface area contributed by atoms with Crippen LogP contribution in [-0.2, 0) is 16.8 Å². The molecule has 5 rings (SSSR count). The summed E-state index contributed by atoms with van der Waals surface area (Å²) >= 11 is 0. The largest absolute Gasteiger partial charge is 0.497 e. The molecule has 31 heavy (non-hydrogen) atoms. The summed E-state index contributed by atoms with van der Waals surface area (Å²) in [6, 6.07) is 27.0. The highest BCUT2D eigenvalue weighted by Gasteiger charge is 2.67. The number of carbonyl (C=O) groups is 1. The lowest BCUT2D eigenvalue weighted by Gasteiger charge is -2.31. The van der Waals surface area contributed by atoms with Gasteiger partial charge < -0.3 is 14.7 Å². The van der Waals surface area contributed by atoms with E-state index < -0.39 is 11.1 Å². The van der Waals surface area contributed by atoms with Crippen LogP contribution in [0, 0.1) is 0 Å². The Morgan fingerprint density at radius 1 is 0.968 bits per heavy atom. The van der Waals surface area contributed by atoms with Crippen molar-refractivity contribution in [3.05, 3.63) is 102 Å². The Kier molecular flexibility index (Phi) is 4.63. The van der Waals surface area contributed by atoms with Gasteiger partial charge in [0.2, 0.25) is 5.91 Å². The predicted molar refractivity (Wildman–Crippen MR) is 119 cm³/mol. The Labute approximate surface area is 181 Å². The second-order valence-corrected chi connectivity index (χ2v) is 8.20. The minimum absolute atomic E-state index is 0.0910. The zero-order valence-corrected chi connectivity index (χ0v) is 17.4. The molecule has 1 N–H and O–H groups in total. The third-order valence-electron chi connectivity index (χ3n) is 6.41. The van der Waals surface area contributed by atoms with Crippen molar-refractivity contribution >= 4 is 11.6 Å². The normalized spacial score (nSPS) is 24.8. The fourth-order valence-corrected chi connectivity index (χ4v) is 4.83. The van der Waals surface area contributed by atoms with Gasteiger partial charge in [0.15, 0.2) is 5.72 Å². The number of fused-ring (bicyclic) bond motifs is 1. The molecule has 1 amide bonds. The van der Waals surface area contributed by atoms with E-state index in [0.717, 1.165) is 28.2 Å². The van der Waals surface area contributed by atoms with E-state index in [9.17, 15) is 9.90 Å². The maximum absolute atomic E-state index is 13.9. The molecule has 2 atom stereocenters. The van der Waals surface area contributed by atoms with E-state index in [1.807, 2.05) is 84.9 Å². The van der Waals surface area contributed by atoms with E-state index in [-0.39, 0.29) is 12.5 Å². The van der Waals surface area contributed by atoms with Crippen LogP contribution in [0.1, 0.15) is 23.1 Å². The SMILES string of the molecule is COc1ccc(CN2C[C@@]3(O)N=C(c4ccccc4)C[C@@]3(c3ccccc3)C2=O)cc1. The van der Waals surface area contributed by atoms with Crippen LogP contribution in [0.3, 0.4) is 0 Å². The van der Waals surface area contributed by atoms with Crippen LogP contribution < -0.4 is 4.74 Å². The molecule has 156 valence electrons. The van der Waals surface area contributed by atoms with Crippen molar-refractivity contribution in [3.63, 3.8) is 0 Å². The predicted octanol–water partition coefficient (Wildman–Crippen LogP) is 3.56. The summed E-state index contributed by atoms with van der Waals surface area (Å²) in [5, 5.41) is 11.8. The number of amides is 1. The first-order valence-electron chi connectivity index (χ1n) is 10.4. The van der Waals surface area contributed by atoms with Gasteiger partial charge in [-0.25, -0.2) is 0 Å². The van der Waals surface area contributed by atoms with Crippen molar-refractivity contribution in [2.45, 2.75) is 24.1 Å². The number of rotatable bonds is 5. The lowest BCUT2D eigenvalue weighted by molar-refractivity contribution is -0.134. The summed E-state index contributed by atoms with van der Waals surface area (Å²) < 4.78 is 5.23. The van der Waals surface area contributed by atoms with Gasteiger partial charge in [0, 0.05) is 18.7 Å². The van der Waals surface area contributed by atoms with Crippen molar-refractivity contribution in [2.75, 3.05) is 13.7 Å². The number of carbonyl (C=O) groups excluding carboxylic acids is 1. The van der Waals surface area contributed by atoms with Crippen molar-refractivity contribution in [2.24, 2.45) is 4.99 Å². The molecular formula is C26H24N2O3. The number of aliphatic imine (C=N–C) groups is 1. The smallest absolute Gasteiger partial charge is 0.239 e. The molecule has 0 bridgehead atoms. The first kappa shape index (κ1) is 19.5. The Morgan fingerprint density at radius 3 is 2.26 bits per heavy atom. The summed E-state index contributed by atoms with van der Waals surface area (Å²) in [5.74, 6) is 0.677. The fourth-order valence-electron chi connectivity index (χ4n) is 4.83. The molecular weight excluding hydrogens is 388 g/mol. The summed E-state index contributed by atoms with van der Waals surface area (Å²) in [7, 11) is 1.63. The summed E-state index contributed by atoms with van der Waals surface area (Å²) in [6.45, 7) is 0.568. The minimum atomic E-state index is -1.51. The van der Waals surface area contributed by atoms with Crippen LogP contribution in [0.2, 0.25) is 0 Å². The van der Waals surface area contributed by atoms with Gasteiger partial charge in [-0.3, -0.25) is 9.79 Å². The molecule has 0 aromatic heterocycles. The zero-order valence-electron chi connectivity index (χ0n) is 17.4. The highest BCUT2D eigenvalue weighted by molar-refractivity contribution is 6.09. The first-order valence-corrected chi connectivity index (χ1v) is 10.4. The highest BCUT2D eigenvalue weighted by Crippen LogP contribution is 2.51. The summed E-state index contributed by atoms with van der Waals surface area (Å²) in [6.07, 6.45) is 0.371. The number of nitrogens with zero attached hydrogens (tertiary/aromatic N) is 2. The van der Waals surface area contributed by atoms with E-state index in [2.05, 4.69) is 0 Å². The van der Waals surface area contributed by atoms with Crippen LogP contribution >= 0.6 is 0 Å². The van der Waals surface area contributed by atoms with Crippen LogP contribution in [-0.4, -0.2) is 41.0 Å². The molecule has 5 nitrogen and oxygen atoms in total. The van der Waals surface area contributed by atoms with Gasteiger partial charge in [0.1, 0.15) is 11.2 Å². The minimum Gasteiger partial charge on any atom is -0.497 e. The molecule has 1 saturated heterocycles. The molecule has 5 heteroatoms. The topological polar surface area (TPSA) is 62.1 Å². The quantitative estimate of drug-likeness (QED) is 0.697. The average molecular weight is 412 g/mol. The van der Waals surface area contributed by atoms with Crippen LogP contribution in [0.15, 0.2) is 89.9 Å². The summed E-state index contributed by atoms with van der Waals surface area (Å²) in [5.41, 5.74) is 0.858. The maximum atomic E-state index is 13.9. The second-order valence-electron chi connectivity index (χ2n) is 8.20. The molecule has 0 spiro atoms. The first-order chi connectivity index (χ1) is 15.1. The molecule has 2 aliphatic heterocycles. The number of ether oxygens (including phenoxy) is 1. The Bertz CT molecular complexity index is 1130. The number of β-amino-alcohol motifs (C(OH)–C–C–N with tert-alkyl or cyclic N) is 1. The lowest BCUT2D eigenvalue weighted by Crippen LogP contribution is -2.48. The van der Waals surface area contributed by atoms with Gasteiger partial charge in [-0.1, -0.05) is 72.8 Å². The number of hydrogen-bond acceptors (Lipinski definition) is 4. The lowest BCUT2D eigenvalue weighted by atomic mass is 9.72. The van der Waals surface area contributed by atoms with Gasteiger partial charge in [-0.2, -0.15) is 0 Å². The van der Waals surface area contributed by atoms with E-state index in [0.29, 0.717) is 13.0 Å².